The Morgan fingerprint density at radius 3 is 2.76 bits per heavy atom. The van der Waals surface area contributed by atoms with E-state index in [1.807, 2.05) is 18.2 Å². The first kappa shape index (κ1) is 10.9. The highest BCUT2D eigenvalue weighted by molar-refractivity contribution is 7.19. The zero-order valence-electron chi connectivity index (χ0n) is 9.57. The maximum atomic E-state index is 11.9. The largest absolute Gasteiger partial charge is 0.295 e. The molecule has 2 fully saturated rings. The van der Waals surface area contributed by atoms with Gasteiger partial charge in [0.2, 0.25) is 11.8 Å². The van der Waals surface area contributed by atoms with E-state index < -0.39 is 5.41 Å². The molecule has 0 aromatic rings. The minimum absolute atomic E-state index is 0.119. The van der Waals surface area contributed by atoms with Gasteiger partial charge in [-0.3, -0.25) is 14.9 Å². The van der Waals surface area contributed by atoms with Crippen LogP contribution in [0.4, 0.5) is 0 Å². The minimum Gasteiger partial charge on any atom is -0.295 e. The van der Waals surface area contributed by atoms with Crippen molar-refractivity contribution >= 4 is 21.1 Å². The summed E-state index contributed by atoms with van der Waals surface area (Å²) in [6, 6.07) is 0. The third-order valence-electron chi connectivity index (χ3n) is 3.74. The Labute approximate surface area is 102 Å². The zero-order chi connectivity index (χ0) is 12.3. The van der Waals surface area contributed by atoms with Gasteiger partial charge in [-0.1, -0.05) is 30.4 Å². The second-order valence-electron chi connectivity index (χ2n) is 5.23. The predicted octanol–water partition coefficient (Wildman–Crippen LogP) is 1.34. The van der Waals surface area contributed by atoms with Crippen LogP contribution >= 0.6 is 9.24 Å². The lowest BCUT2D eigenvalue weighted by Crippen LogP contribution is -2.29. The van der Waals surface area contributed by atoms with Gasteiger partial charge < -0.3 is 0 Å². The molecule has 1 N–H and O–H groups in total. The monoisotopic (exact) mass is 247 g/mol. The van der Waals surface area contributed by atoms with E-state index in [1.54, 1.807) is 0 Å². The molecule has 1 aliphatic heterocycles. The Balaban J connectivity index is 2.04. The van der Waals surface area contributed by atoms with Crippen molar-refractivity contribution in [3.8, 4) is 0 Å². The number of carbonyl (C=O) groups excluding carboxylic acids is 2. The summed E-state index contributed by atoms with van der Waals surface area (Å²) >= 11 is 0. The standard InChI is InChI=1S/C13H14NO2P/c1-12(17)5-3-2-4-8(6-12)13-7-9(13)10(15)14-11(13)16/h2-6,9H,7,17H2,1H3,(H,14,15,16)/t9-,12?,13+/m1/s1. The summed E-state index contributed by atoms with van der Waals surface area (Å²) in [7, 11) is 2.76. The molecule has 3 nitrogen and oxygen atoms in total. The summed E-state index contributed by atoms with van der Waals surface area (Å²) < 4.78 is 0. The van der Waals surface area contributed by atoms with Crippen LogP contribution in [0, 0.1) is 11.3 Å². The second-order valence-corrected chi connectivity index (χ2v) is 6.47. The number of hydrogen-bond donors (Lipinski definition) is 1. The maximum Gasteiger partial charge on any atom is 0.238 e. The van der Waals surface area contributed by atoms with Gasteiger partial charge in [-0.05, 0) is 18.9 Å². The topological polar surface area (TPSA) is 46.2 Å². The number of piperidine rings is 1. The van der Waals surface area contributed by atoms with Gasteiger partial charge in [0.25, 0.3) is 0 Å². The Hall–Kier alpha value is -1.21. The number of hydrogen-bond acceptors (Lipinski definition) is 2. The number of nitrogens with one attached hydrogen (secondary N) is 1. The summed E-state index contributed by atoms with van der Waals surface area (Å²) in [6.07, 6.45) is 10.6. The highest BCUT2D eigenvalue weighted by atomic mass is 31.0. The van der Waals surface area contributed by atoms with Crippen LogP contribution in [0.1, 0.15) is 13.3 Å². The summed E-state index contributed by atoms with van der Waals surface area (Å²) in [5.41, 5.74) is 0.394. The van der Waals surface area contributed by atoms with Crippen molar-refractivity contribution in [2.24, 2.45) is 11.3 Å². The fraction of sp³-hybridized carbons (Fsp3) is 0.385. The molecule has 4 heteroatoms. The number of allylic oxidation sites excluding steroid dienone is 5. The first-order valence-corrected chi connectivity index (χ1v) is 6.27. The molecule has 0 aromatic heterocycles. The van der Waals surface area contributed by atoms with Crippen LogP contribution in [-0.2, 0) is 9.59 Å². The first-order chi connectivity index (χ1) is 7.96. The molecule has 88 valence electrons. The van der Waals surface area contributed by atoms with Gasteiger partial charge in [0.1, 0.15) is 0 Å². The van der Waals surface area contributed by atoms with Crippen LogP contribution < -0.4 is 5.32 Å². The van der Waals surface area contributed by atoms with E-state index in [0.29, 0.717) is 6.42 Å². The van der Waals surface area contributed by atoms with Gasteiger partial charge in [0, 0.05) is 5.16 Å². The molecule has 17 heavy (non-hydrogen) atoms. The van der Waals surface area contributed by atoms with Crippen LogP contribution in [0.5, 0.6) is 0 Å². The summed E-state index contributed by atoms with van der Waals surface area (Å²) in [5.74, 6) is -0.400. The van der Waals surface area contributed by atoms with E-state index in [4.69, 9.17) is 0 Å². The molecule has 3 aliphatic rings. The molecule has 0 radical (unpaired) electrons. The van der Waals surface area contributed by atoms with Gasteiger partial charge in [-0.25, -0.2) is 0 Å². The molecule has 0 aromatic carbocycles. The Bertz CT molecular complexity index is 516. The first-order valence-electron chi connectivity index (χ1n) is 5.69. The lowest BCUT2D eigenvalue weighted by molar-refractivity contribution is -0.128. The van der Waals surface area contributed by atoms with E-state index in [-0.39, 0.29) is 22.9 Å². The molecule has 0 bridgehead atoms. The van der Waals surface area contributed by atoms with Crippen molar-refractivity contribution in [1.29, 1.82) is 0 Å². The highest BCUT2D eigenvalue weighted by Crippen LogP contribution is 2.62. The number of amides is 2. The molecule has 2 unspecified atom stereocenters. The number of rotatable bonds is 1. The summed E-state index contributed by atoms with van der Waals surface area (Å²) in [5, 5.41) is 2.26. The molecular weight excluding hydrogens is 233 g/mol. The molecule has 1 heterocycles. The molecular formula is C13H14NO2P. The Kier molecular flexibility index (Phi) is 2.03. The lowest BCUT2D eigenvalue weighted by atomic mass is 9.91. The molecule has 1 saturated heterocycles. The van der Waals surface area contributed by atoms with Crippen LogP contribution in [0.3, 0.4) is 0 Å². The number of fused-ring (bicyclic) bond motifs is 1. The lowest BCUT2D eigenvalue weighted by Gasteiger charge is -2.18. The van der Waals surface area contributed by atoms with Crippen LogP contribution in [-0.4, -0.2) is 17.0 Å². The van der Waals surface area contributed by atoms with Crippen LogP contribution in [0.25, 0.3) is 0 Å². The van der Waals surface area contributed by atoms with Crippen molar-refractivity contribution in [2.75, 3.05) is 0 Å². The number of imide groups is 1. The summed E-state index contributed by atoms with van der Waals surface area (Å²) in [6.45, 7) is 2.06. The highest BCUT2D eigenvalue weighted by Gasteiger charge is 2.70. The van der Waals surface area contributed by atoms with E-state index in [9.17, 15) is 9.59 Å². The quantitative estimate of drug-likeness (QED) is 0.561. The Morgan fingerprint density at radius 1 is 1.41 bits per heavy atom. The van der Waals surface area contributed by atoms with Crippen molar-refractivity contribution in [2.45, 2.75) is 18.5 Å². The third-order valence-corrected chi connectivity index (χ3v) is 4.10. The molecule has 4 atom stereocenters. The smallest absolute Gasteiger partial charge is 0.238 e. The maximum absolute atomic E-state index is 11.9. The fourth-order valence-electron chi connectivity index (χ4n) is 2.72. The molecule has 0 spiro atoms. The Morgan fingerprint density at radius 2 is 2.18 bits per heavy atom. The molecule has 1 saturated carbocycles. The van der Waals surface area contributed by atoms with Gasteiger partial charge in [-0.2, -0.15) is 0 Å². The predicted molar refractivity (Wildman–Crippen MR) is 68.2 cm³/mol. The van der Waals surface area contributed by atoms with E-state index in [2.05, 4.69) is 33.6 Å². The number of carbonyl (C=O) groups is 2. The van der Waals surface area contributed by atoms with E-state index in [0.717, 1.165) is 5.57 Å². The minimum atomic E-state index is -0.572. The molecule has 2 aliphatic carbocycles. The third kappa shape index (κ3) is 1.45. The zero-order valence-corrected chi connectivity index (χ0v) is 10.7. The van der Waals surface area contributed by atoms with Gasteiger partial charge >= 0.3 is 0 Å². The SMILES string of the molecule is CC1(P)C=CC=CC([C@@]23C[C@@H]2C(=O)NC3=O)=C1. The van der Waals surface area contributed by atoms with Gasteiger partial charge in [0.05, 0.1) is 11.3 Å². The normalized spacial score (nSPS) is 42.9. The van der Waals surface area contributed by atoms with Crippen molar-refractivity contribution in [3.05, 3.63) is 36.0 Å². The van der Waals surface area contributed by atoms with Crippen molar-refractivity contribution in [3.63, 3.8) is 0 Å². The average molecular weight is 247 g/mol. The second kappa shape index (κ2) is 3.17. The van der Waals surface area contributed by atoms with Gasteiger partial charge in [-0.15, -0.1) is 9.24 Å². The molecule has 2 amide bonds. The van der Waals surface area contributed by atoms with Crippen molar-refractivity contribution in [1.82, 2.24) is 5.32 Å². The van der Waals surface area contributed by atoms with Crippen LogP contribution in [0.15, 0.2) is 36.0 Å². The molecule has 3 rings (SSSR count). The van der Waals surface area contributed by atoms with Crippen LogP contribution in [0.2, 0.25) is 0 Å². The average Bonchev–Trinajstić information content (AvgIpc) is 2.94. The summed E-state index contributed by atoms with van der Waals surface area (Å²) in [4.78, 5) is 23.5. The van der Waals surface area contributed by atoms with Gasteiger partial charge in [0.15, 0.2) is 0 Å². The van der Waals surface area contributed by atoms with E-state index in [1.165, 1.54) is 0 Å². The van der Waals surface area contributed by atoms with E-state index >= 15 is 0 Å². The van der Waals surface area contributed by atoms with Crippen molar-refractivity contribution < 1.29 is 9.59 Å². The fourth-order valence-corrected chi connectivity index (χ4v) is 3.01.